The van der Waals surface area contributed by atoms with Gasteiger partial charge in [0.15, 0.2) is 0 Å². The minimum atomic E-state index is -0.125. The number of benzene rings is 1. The van der Waals surface area contributed by atoms with E-state index in [2.05, 4.69) is 26.3 Å². The normalized spacial score (nSPS) is 13.6. The predicted molar refractivity (Wildman–Crippen MR) is 140 cm³/mol. The van der Waals surface area contributed by atoms with Crippen LogP contribution in [0.2, 0.25) is 0 Å². The molecule has 0 atom stereocenters. The molecule has 1 fully saturated rings. The van der Waals surface area contributed by atoms with Crippen molar-refractivity contribution in [2.75, 3.05) is 38.3 Å². The molecule has 9 nitrogen and oxygen atoms in total. The molecular weight excluding hydrogens is 456 g/mol. The number of nitrogens with zero attached hydrogens (tertiary/aromatic N) is 4. The standard InChI is InChI=1S/C27H30N6O3/c1-17-12-19(24-5-3-4-18(2)30-24)6-7-22(17)23-13-20-14-29-27(31-21-15-36-16-21)32-25(20)33(26(23)34)9-11-35-10-8-28/h3-7,12-14,21H,8-11,15-16,28H2,1-2H3,(H,29,31,32). The fraction of sp³-hybridized carbons (Fsp3) is 0.333. The van der Waals surface area contributed by atoms with Gasteiger partial charge in [-0.25, -0.2) is 4.98 Å². The van der Waals surface area contributed by atoms with Crippen molar-refractivity contribution in [3.8, 4) is 22.4 Å². The number of aromatic nitrogens is 4. The maximum absolute atomic E-state index is 13.8. The monoisotopic (exact) mass is 486 g/mol. The molecule has 3 aromatic heterocycles. The van der Waals surface area contributed by atoms with E-state index in [0.29, 0.717) is 56.7 Å². The zero-order valence-corrected chi connectivity index (χ0v) is 20.5. The van der Waals surface area contributed by atoms with Crippen LogP contribution < -0.4 is 16.6 Å². The first-order chi connectivity index (χ1) is 17.5. The van der Waals surface area contributed by atoms with Crippen LogP contribution in [0.3, 0.4) is 0 Å². The Morgan fingerprint density at radius 2 is 1.97 bits per heavy atom. The lowest BCUT2D eigenvalue weighted by molar-refractivity contribution is 0.0208. The molecule has 1 saturated heterocycles. The van der Waals surface area contributed by atoms with E-state index in [1.54, 1.807) is 10.8 Å². The van der Waals surface area contributed by atoms with E-state index < -0.39 is 0 Å². The van der Waals surface area contributed by atoms with Crippen molar-refractivity contribution in [1.82, 2.24) is 19.5 Å². The van der Waals surface area contributed by atoms with Gasteiger partial charge in [-0.05, 0) is 49.2 Å². The first-order valence-corrected chi connectivity index (χ1v) is 12.1. The Balaban J connectivity index is 1.56. The quantitative estimate of drug-likeness (QED) is 0.347. The van der Waals surface area contributed by atoms with E-state index in [1.807, 2.05) is 50.2 Å². The van der Waals surface area contributed by atoms with Crippen LogP contribution in [-0.2, 0) is 16.0 Å². The van der Waals surface area contributed by atoms with Crippen LogP contribution in [0.4, 0.5) is 5.95 Å². The Morgan fingerprint density at radius 3 is 2.69 bits per heavy atom. The Hall–Kier alpha value is -3.66. The molecule has 3 N–H and O–H groups in total. The summed E-state index contributed by atoms with van der Waals surface area (Å²) in [7, 11) is 0. The zero-order chi connectivity index (χ0) is 25.1. The van der Waals surface area contributed by atoms with Crippen LogP contribution in [0, 0.1) is 13.8 Å². The van der Waals surface area contributed by atoms with Gasteiger partial charge in [0.1, 0.15) is 5.65 Å². The van der Waals surface area contributed by atoms with E-state index >= 15 is 0 Å². The van der Waals surface area contributed by atoms with E-state index in [4.69, 9.17) is 15.2 Å². The summed E-state index contributed by atoms with van der Waals surface area (Å²) in [6.45, 7) is 6.80. The fourth-order valence-electron chi connectivity index (χ4n) is 4.30. The lowest BCUT2D eigenvalue weighted by atomic mass is 9.97. The maximum Gasteiger partial charge on any atom is 0.260 e. The van der Waals surface area contributed by atoms with Crippen molar-refractivity contribution >= 4 is 17.0 Å². The van der Waals surface area contributed by atoms with E-state index in [0.717, 1.165) is 33.5 Å². The van der Waals surface area contributed by atoms with Crippen molar-refractivity contribution in [2.45, 2.75) is 26.4 Å². The highest BCUT2D eigenvalue weighted by Crippen LogP contribution is 2.28. The lowest BCUT2D eigenvalue weighted by Crippen LogP contribution is -2.40. The van der Waals surface area contributed by atoms with E-state index in [-0.39, 0.29) is 11.6 Å². The van der Waals surface area contributed by atoms with Crippen molar-refractivity contribution in [2.24, 2.45) is 5.73 Å². The molecule has 4 heterocycles. The van der Waals surface area contributed by atoms with Crippen LogP contribution in [0.1, 0.15) is 11.3 Å². The second-order valence-corrected chi connectivity index (χ2v) is 8.96. The van der Waals surface area contributed by atoms with Gasteiger partial charge >= 0.3 is 0 Å². The van der Waals surface area contributed by atoms with Crippen molar-refractivity contribution in [3.63, 3.8) is 0 Å². The summed E-state index contributed by atoms with van der Waals surface area (Å²) in [5.41, 5.74) is 11.3. The summed E-state index contributed by atoms with van der Waals surface area (Å²) in [5.74, 6) is 0.478. The van der Waals surface area contributed by atoms with Crippen LogP contribution in [0.25, 0.3) is 33.4 Å². The Morgan fingerprint density at radius 1 is 1.11 bits per heavy atom. The minimum absolute atomic E-state index is 0.125. The number of aryl methyl sites for hydroxylation is 2. The molecule has 9 heteroatoms. The number of nitrogens with one attached hydrogen (secondary N) is 1. The molecule has 186 valence electrons. The first-order valence-electron chi connectivity index (χ1n) is 12.1. The summed E-state index contributed by atoms with van der Waals surface area (Å²) >= 11 is 0. The van der Waals surface area contributed by atoms with Crippen LogP contribution in [0.5, 0.6) is 0 Å². The molecule has 0 spiro atoms. The molecule has 5 rings (SSSR count). The molecule has 4 aromatic rings. The number of nitrogens with two attached hydrogens (primary N) is 1. The number of pyridine rings is 2. The lowest BCUT2D eigenvalue weighted by Gasteiger charge is -2.26. The second-order valence-electron chi connectivity index (χ2n) is 8.96. The second kappa shape index (κ2) is 10.5. The molecular formula is C27H30N6O3. The first kappa shape index (κ1) is 24.1. The summed E-state index contributed by atoms with van der Waals surface area (Å²) in [5, 5.41) is 4.04. The van der Waals surface area contributed by atoms with Gasteiger partial charge in [-0.1, -0.05) is 18.2 Å². The van der Waals surface area contributed by atoms with Crippen LogP contribution in [-0.4, -0.2) is 58.5 Å². The highest BCUT2D eigenvalue weighted by molar-refractivity contribution is 5.83. The van der Waals surface area contributed by atoms with Gasteiger partial charge in [-0.2, -0.15) is 4.98 Å². The number of rotatable bonds is 9. The molecule has 0 radical (unpaired) electrons. The molecule has 1 aromatic carbocycles. The third kappa shape index (κ3) is 4.99. The number of ether oxygens (including phenoxy) is 2. The minimum Gasteiger partial charge on any atom is -0.378 e. The van der Waals surface area contributed by atoms with Gasteiger partial charge in [0, 0.05) is 34.9 Å². The summed E-state index contributed by atoms with van der Waals surface area (Å²) in [6.07, 6.45) is 1.75. The highest BCUT2D eigenvalue weighted by atomic mass is 16.5. The Labute approximate surface area is 209 Å². The van der Waals surface area contributed by atoms with E-state index in [9.17, 15) is 4.79 Å². The smallest absolute Gasteiger partial charge is 0.260 e. The largest absolute Gasteiger partial charge is 0.378 e. The average molecular weight is 487 g/mol. The SMILES string of the molecule is Cc1cccc(-c2ccc(-c3cc4cnc(NC5COC5)nc4n(CCOCCN)c3=O)c(C)c2)n1. The third-order valence-corrected chi connectivity index (χ3v) is 6.22. The van der Waals surface area contributed by atoms with Crippen molar-refractivity contribution in [3.05, 3.63) is 70.3 Å². The zero-order valence-electron chi connectivity index (χ0n) is 20.5. The fourth-order valence-corrected chi connectivity index (χ4v) is 4.30. The van der Waals surface area contributed by atoms with Gasteiger partial charge < -0.3 is 20.5 Å². The number of hydrogen-bond donors (Lipinski definition) is 2. The number of anilines is 1. The Kier molecular flexibility index (Phi) is 7.04. The van der Waals surface area contributed by atoms with Crippen molar-refractivity contribution in [1.29, 1.82) is 0 Å². The van der Waals surface area contributed by atoms with Gasteiger partial charge in [0.2, 0.25) is 5.95 Å². The highest BCUT2D eigenvalue weighted by Gasteiger charge is 2.20. The molecule has 1 aliphatic rings. The van der Waals surface area contributed by atoms with E-state index in [1.165, 1.54) is 0 Å². The maximum atomic E-state index is 13.8. The van der Waals surface area contributed by atoms with Gasteiger partial charge in [-0.3, -0.25) is 14.3 Å². The van der Waals surface area contributed by atoms with Gasteiger partial charge in [0.05, 0.1) is 44.7 Å². The summed E-state index contributed by atoms with van der Waals surface area (Å²) < 4.78 is 12.5. The average Bonchev–Trinajstić information content (AvgIpc) is 2.85. The van der Waals surface area contributed by atoms with Crippen LogP contribution in [0.15, 0.2) is 53.5 Å². The molecule has 0 amide bonds. The number of hydrogen-bond acceptors (Lipinski definition) is 8. The van der Waals surface area contributed by atoms with Gasteiger partial charge in [-0.15, -0.1) is 0 Å². The Bertz CT molecular complexity index is 1450. The molecule has 0 unspecified atom stereocenters. The van der Waals surface area contributed by atoms with Crippen molar-refractivity contribution < 1.29 is 9.47 Å². The van der Waals surface area contributed by atoms with Gasteiger partial charge in [0.25, 0.3) is 5.56 Å². The topological polar surface area (TPSA) is 117 Å². The summed E-state index contributed by atoms with van der Waals surface area (Å²) in [4.78, 5) is 27.5. The summed E-state index contributed by atoms with van der Waals surface area (Å²) in [6, 6.07) is 14.1. The molecule has 1 aliphatic heterocycles. The number of fused-ring (bicyclic) bond motifs is 1. The molecule has 0 aliphatic carbocycles. The predicted octanol–water partition coefficient (Wildman–Crippen LogP) is 2.92. The molecule has 0 saturated carbocycles. The molecule has 0 bridgehead atoms. The van der Waals surface area contributed by atoms with Crippen LogP contribution >= 0.6 is 0 Å². The third-order valence-electron chi connectivity index (χ3n) is 6.22. The molecule has 36 heavy (non-hydrogen) atoms.